The maximum atomic E-state index is 11.9. The van der Waals surface area contributed by atoms with Gasteiger partial charge in [-0.25, -0.2) is 0 Å². The molecule has 7 heteroatoms. The van der Waals surface area contributed by atoms with Gasteiger partial charge in [-0.05, 0) is 24.3 Å². The van der Waals surface area contributed by atoms with Gasteiger partial charge in [-0.15, -0.1) is 0 Å². The molecule has 2 rings (SSSR count). The van der Waals surface area contributed by atoms with Crippen molar-refractivity contribution in [3.05, 3.63) is 50.9 Å². The molecule has 4 nitrogen and oxygen atoms in total. The van der Waals surface area contributed by atoms with Gasteiger partial charge in [0.2, 0.25) is 0 Å². The van der Waals surface area contributed by atoms with Crippen molar-refractivity contribution in [2.75, 3.05) is 5.32 Å². The number of nitrogens with two attached hydrogens (primary N) is 1. The number of carbonyl (C=O) groups is 1. The van der Waals surface area contributed by atoms with Crippen molar-refractivity contribution >= 4 is 46.4 Å². The highest BCUT2D eigenvalue weighted by Gasteiger charge is 2.14. The first-order valence-electron chi connectivity index (χ1n) is 5.26. The largest absolute Gasteiger partial charge is 0.455 e. The van der Waals surface area contributed by atoms with Crippen LogP contribution in [0.15, 0.2) is 28.7 Å². The number of hydrogen-bond acceptors (Lipinski definition) is 3. The van der Waals surface area contributed by atoms with Crippen molar-refractivity contribution in [1.29, 1.82) is 0 Å². The van der Waals surface area contributed by atoms with Crippen LogP contribution < -0.4 is 11.1 Å². The molecule has 19 heavy (non-hydrogen) atoms. The van der Waals surface area contributed by atoms with Gasteiger partial charge in [0, 0.05) is 0 Å². The Kier molecular flexibility index (Phi) is 4.37. The summed E-state index contributed by atoms with van der Waals surface area (Å²) in [4.78, 5) is 11.9. The predicted molar refractivity (Wildman–Crippen MR) is 76.0 cm³/mol. The topological polar surface area (TPSA) is 68.3 Å². The maximum absolute atomic E-state index is 11.9. The molecule has 2 aromatic rings. The highest BCUT2D eigenvalue weighted by atomic mass is 35.5. The molecule has 0 fully saturated rings. The molecule has 3 N–H and O–H groups in total. The smallest absolute Gasteiger partial charge is 0.291 e. The van der Waals surface area contributed by atoms with Crippen molar-refractivity contribution in [1.82, 2.24) is 0 Å². The van der Waals surface area contributed by atoms with E-state index in [4.69, 9.17) is 45.0 Å². The minimum atomic E-state index is -0.444. The lowest BCUT2D eigenvalue weighted by molar-refractivity contribution is 0.0995. The second-order valence-corrected chi connectivity index (χ2v) is 4.89. The molecule has 0 aliphatic carbocycles. The zero-order chi connectivity index (χ0) is 14.0. The first-order chi connectivity index (χ1) is 9.01. The van der Waals surface area contributed by atoms with Crippen LogP contribution in [0.1, 0.15) is 16.3 Å². The standard InChI is InChI=1S/C12H9Cl3N2O2/c13-7-3-9(15)10(4-8(7)14)17-12(18)11-2-1-6(5-16)19-11/h1-4H,5,16H2,(H,17,18). The second-order valence-electron chi connectivity index (χ2n) is 3.67. The van der Waals surface area contributed by atoms with Crippen LogP contribution in [-0.4, -0.2) is 5.91 Å². The summed E-state index contributed by atoms with van der Waals surface area (Å²) in [5.74, 6) is 0.216. The quantitative estimate of drug-likeness (QED) is 0.842. The van der Waals surface area contributed by atoms with Gasteiger partial charge in [-0.1, -0.05) is 34.8 Å². The van der Waals surface area contributed by atoms with Crippen molar-refractivity contribution in [3.8, 4) is 0 Å². The van der Waals surface area contributed by atoms with Crippen LogP contribution in [0.2, 0.25) is 15.1 Å². The van der Waals surface area contributed by atoms with Crippen LogP contribution in [-0.2, 0) is 6.54 Å². The molecule has 0 saturated heterocycles. The van der Waals surface area contributed by atoms with Crippen molar-refractivity contribution in [2.24, 2.45) is 5.73 Å². The van der Waals surface area contributed by atoms with E-state index in [1.54, 1.807) is 6.07 Å². The molecule has 0 unspecified atom stereocenters. The normalized spacial score (nSPS) is 10.5. The van der Waals surface area contributed by atoms with Crippen LogP contribution >= 0.6 is 34.8 Å². The number of amides is 1. The molecule has 0 aliphatic heterocycles. The molecule has 0 bridgehead atoms. The summed E-state index contributed by atoms with van der Waals surface area (Å²) in [6.07, 6.45) is 0. The third-order valence-corrected chi connectivity index (χ3v) is 3.38. The lowest BCUT2D eigenvalue weighted by Gasteiger charge is -2.07. The van der Waals surface area contributed by atoms with E-state index < -0.39 is 5.91 Å². The Morgan fingerprint density at radius 3 is 2.47 bits per heavy atom. The number of rotatable bonds is 3. The average Bonchev–Trinajstić information content (AvgIpc) is 2.84. The van der Waals surface area contributed by atoms with Gasteiger partial charge in [0.25, 0.3) is 5.91 Å². The van der Waals surface area contributed by atoms with E-state index in [9.17, 15) is 4.79 Å². The van der Waals surface area contributed by atoms with Crippen LogP contribution in [0.5, 0.6) is 0 Å². The summed E-state index contributed by atoms with van der Waals surface area (Å²) in [6, 6.07) is 6.08. The number of furan rings is 1. The number of anilines is 1. The summed E-state index contributed by atoms with van der Waals surface area (Å²) < 4.78 is 5.22. The summed E-state index contributed by atoms with van der Waals surface area (Å²) in [5, 5.41) is 3.48. The zero-order valence-corrected chi connectivity index (χ0v) is 11.8. The molecule has 100 valence electrons. The molecule has 1 heterocycles. The Morgan fingerprint density at radius 2 is 1.84 bits per heavy atom. The van der Waals surface area contributed by atoms with E-state index in [1.165, 1.54) is 18.2 Å². The monoisotopic (exact) mass is 318 g/mol. The molecule has 1 aromatic carbocycles. The first-order valence-corrected chi connectivity index (χ1v) is 6.39. The van der Waals surface area contributed by atoms with Crippen molar-refractivity contribution in [2.45, 2.75) is 6.54 Å². The first kappa shape index (κ1) is 14.2. The fourth-order valence-corrected chi connectivity index (χ4v) is 2.01. The number of hydrogen-bond donors (Lipinski definition) is 2. The molecule has 0 spiro atoms. The van der Waals surface area contributed by atoms with Crippen LogP contribution in [0.4, 0.5) is 5.69 Å². The van der Waals surface area contributed by atoms with E-state index in [2.05, 4.69) is 5.32 Å². The van der Waals surface area contributed by atoms with Crippen LogP contribution in [0.25, 0.3) is 0 Å². The van der Waals surface area contributed by atoms with Gasteiger partial charge < -0.3 is 15.5 Å². The van der Waals surface area contributed by atoms with Gasteiger partial charge in [0.15, 0.2) is 5.76 Å². The maximum Gasteiger partial charge on any atom is 0.291 e. The molecular formula is C12H9Cl3N2O2. The Balaban J connectivity index is 2.21. The molecule has 0 aliphatic rings. The van der Waals surface area contributed by atoms with Gasteiger partial charge >= 0.3 is 0 Å². The van der Waals surface area contributed by atoms with E-state index in [0.717, 1.165) is 0 Å². The molecular weight excluding hydrogens is 311 g/mol. The SMILES string of the molecule is NCc1ccc(C(=O)Nc2cc(Cl)c(Cl)cc2Cl)o1. The Labute approximate surface area is 124 Å². The summed E-state index contributed by atoms with van der Waals surface area (Å²) in [5.41, 5.74) is 5.75. The number of halogens is 3. The average molecular weight is 320 g/mol. The summed E-state index contributed by atoms with van der Waals surface area (Å²) >= 11 is 17.6. The predicted octanol–water partition coefficient (Wildman–Crippen LogP) is 3.95. The van der Waals surface area contributed by atoms with Crippen molar-refractivity contribution < 1.29 is 9.21 Å². The molecule has 0 saturated carbocycles. The highest BCUT2D eigenvalue weighted by Crippen LogP contribution is 2.32. The minimum absolute atomic E-state index is 0.141. The molecule has 0 radical (unpaired) electrons. The third-order valence-electron chi connectivity index (χ3n) is 2.34. The minimum Gasteiger partial charge on any atom is -0.455 e. The van der Waals surface area contributed by atoms with Gasteiger partial charge in [-0.2, -0.15) is 0 Å². The van der Waals surface area contributed by atoms with Gasteiger partial charge in [-0.3, -0.25) is 4.79 Å². The number of nitrogens with one attached hydrogen (secondary N) is 1. The zero-order valence-electron chi connectivity index (χ0n) is 9.54. The Bertz CT molecular complexity index is 625. The third kappa shape index (κ3) is 3.22. The fraction of sp³-hybridized carbons (Fsp3) is 0.0833. The van der Waals surface area contributed by atoms with E-state index in [-0.39, 0.29) is 17.3 Å². The van der Waals surface area contributed by atoms with Crippen LogP contribution in [0, 0.1) is 0 Å². The van der Waals surface area contributed by atoms with Crippen molar-refractivity contribution in [3.63, 3.8) is 0 Å². The molecule has 0 atom stereocenters. The summed E-state index contributed by atoms with van der Waals surface area (Å²) in [7, 11) is 0. The number of benzene rings is 1. The lowest BCUT2D eigenvalue weighted by atomic mass is 10.3. The molecule has 1 aromatic heterocycles. The van der Waals surface area contributed by atoms with Crippen LogP contribution in [0.3, 0.4) is 0 Å². The van der Waals surface area contributed by atoms with Gasteiger partial charge in [0.05, 0.1) is 27.3 Å². The Morgan fingerprint density at radius 1 is 1.16 bits per heavy atom. The van der Waals surface area contributed by atoms with E-state index in [0.29, 0.717) is 21.5 Å². The van der Waals surface area contributed by atoms with Gasteiger partial charge in [0.1, 0.15) is 5.76 Å². The Hall–Kier alpha value is -1.20. The number of carbonyl (C=O) groups excluding carboxylic acids is 1. The lowest BCUT2D eigenvalue weighted by Crippen LogP contribution is -2.11. The summed E-state index contributed by atoms with van der Waals surface area (Å²) in [6.45, 7) is 0.223. The molecule has 1 amide bonds. The van der Waals surface area contributed by atoms with E-state index in [1.807, 2.05) is 0 Å². The highest BCUT2D eigenvalue weighted by molar-refractivity contribution is 6.44. The second kappa shape index (κ2) is 5.84. The fourth-order valence-electron chi connectivity index (χ4n) is 1.41. The van der Waals surface area contributed by atoms with E-state index >= 15 is 0 Å².